The molecule has 1 N–H and O–H groups in total. The Balaban J connectivity index is 1.56. The first kappa shape index (κ1) is 19.9. The zero-order valence-electron chi connectivity index (χ0n) is 17.4. The molecule has 3 nitrogen and oxygen atoms in total. The summed E-state index contributed by atoms with van der Waals surface area (Å²) in [6.07, 6.45) is 9.67. The fourth-order valence-corrected chi connectivity index (χ4v) is 5.75. The highest BCUT2D eigenvalue weighted by Gasteiger charge is 2.54. The summed E-state index contributed by atoms with van der Waals surface area (Å²) < 4.78 is 5.86. The van der Waals surface area contributed by atoms with Gasteiger partial charge in [0, 0.05) is 18.5 Å². The van der Waals surface area contributed by atoms with Crippen molar-refractivity contribution in [3.63, 3.8) is 0 Å². The van der Waals surface area contributed by atoms with Crippen LogP contribution in [-0.2, 0) is 9.53 Å². The second kappa shape index (κ2) is 8.04. The summed E-state index contributed by atoms with van der Waals surface area (Å²) in [4.78, 5) is 12.6. The van der Waals surface area contributed by atoms with Gasteiger partial charge in [-0.05, 0) is 62.7 Å². The minimum Gasteiger partial charge on any atom is -0.462 e. The molecule has 0 amide bonds. The van der Waals surface area contributed by atoms with E-state index in [2.05, 4.69) is 39.6 Å². The number of ether oxygens (including phenoxy) is 1. The van der Waals surface area contributed by atoms with E-state index < -0.39 is 0 Å². The molecule has 26 heavy (non-hydrogen) atoms. The lowest BCUT2D eigenvalue weighted by molar-refractivity contribution is -0.146. The molecule has 0 aromatic rings. The molecule has 2 saturated carbocycles. The molecule has 1 saturated heterocycles. The van der Waals surface area contributed by atoms with Gasteiger partial charge in [-0.3, -0.25) is 4.79 Å². The molecule has 1 aliphatic heterocycles. The number of fused-ring (bicyclic) bond motifs is 2. The van der Waals surface area contributed by atoms with Gasteiger partial charge in [-0.25, -0.2) is 0 Å². The van der Waals surface area contributed by atoms with Gasteiger partial charge in [-0.2, -0.15) is 0 Å². The molecule has 3 aliphatic rings. The van der Waals surface area contributed by atoms with Gasteiger partial charge < -0.3 is 10.1 Å². The Labute approximate surface area is 160 Å². The van der Waals surface area contributed by atoms with E-state index in [4.69, 9.17) is 4.74 Å². The van der Waals surface area contributed by atoms with Crippen molar-refractivity contribution in [1.82, 2.24) is 5.32 Å². The predicted molar refractivity (Wildman–Crippen MR) is 107 cm³/mol. The Kier molecular flexibility index (Phi) is 6.16. The van der Waals surface area contributed by atoms with Gasteiger partial charge in [0.2, 0.25) is 0 Å². The number of carbonyl (C=O) groups excluding carboxylic acids is 1. The average Bonchev–Trinajstić information content (AvgIpc) is 2.84. The van der Waals surface area contributed by atoms with E-state index in [-0.39, 0.29) is 18.0 Å². The monoisotopic (exact) mass is 361 g/mol. The number of nitrogens with one attached hydrogen (secondary N) is 1. The van der Waals surface area contributed by atoms with Crippen molar-refractivity contribution in [2.75, 3.05) is 6.54 Å². The zero-order chi connectivity index (χ0) is 18.9. The van der Waals surface area contributed by atoms with E-state index >= 15 is 0 Å². The summed E-state index contributed by atoms with van der Waals surface area (Å²) in [7, 11) is 0. The van der Waals surface area contributed by atoms with Gasteiger partial charge in [-0.1, -0.05) is 45.8 Å². The summed E-state index contributed by atoms with van der Waals surface area (Å²) >= 11 is 0. The van der Waals surface area contributed by atoms with Crippen molar-refractivity contribution in [2.24, 2.45) is 29.1 Å². The Hall–Kier alpha value is -0.830. The van der Waals surface area contributed by atoms with Crippen LogP contribution in [0.1, 0.15) is 79.1 Å². The molecule has 3 fully saturated rings. The average molecular weight is 362 g/mol. The Morgan fingerprint density at radius 3 is 2.81 bits per heavy atom. The van der Waals surface area contributed by atoms with Crippen molar-refractivity contribution in [1.29, 1.82) is 0 Å². The molecule has 2 aliphatic carbocycles. The molecule has 0 aromatic carbocycles. The third-order valence-electron chi connectivity index (χ3n) is 7.42. The summed E-state index contributed by atoms with van der Waals surface area (Å²) in [5.41, 5.74) is 1.72. The zero-order valence-corrected chi connectivity index (χ0v) is 17.4. The number of hydrogen-bond acceptors (Lipinski definition) is 3. The van der Waals surface area contributed by atoms with Gasteiger partial charge >= 0.3 is 5.97 Å². The van der Waals surface area contributed by atoms with Gasteiger partial charge in [0.25, 0.3) is 0 Å². The van der Waals surface area contributed by atoms with Crippen LogP contribution in [0.25, 0.3) is 0 Å². The van der Waals surface area contributed by atoms with Crippen LogP contribution in [-0.4, -0.2) is 24.7 Å². The topological polar surface area (TPSA) is 38.3 Å². The number of esters is 1. The lowest BCUT2D eigenvalue weighted by atomic mass is 9.55. The van der Waals surface area contributed by atoms with Crippen LogP contribution in [0, 0.1) is 29.1 Å². The van der Waals surface area contributed by atoms with Crippen molar-refractivity contribution in [3.8, 4) is 0 Å². The molecular formula is C23H39NO2. The molecule has 3 rings (SSSR count). The second-order valence-corrected chi connectivity index (χ2v) is 10.0. The molecule has 1 heterocycles. The van der Waals surface area contributed by atoms with Gasteiger partial charge in [0.1, 0.15) is 6.10 Å². The third kappa shape index (κ3) is 4.18. The first-order chi connectivity index (χ1) is 12.3. The Bertz CT molecular complexity index is 528. The molecule has 148 valence electrons. The van der Waals surface area contributed by atoms with Crippen molar-refractivity contribution in [2.45, 2.75) is 91.2 Å². The van der Waals surface area contributed by atoms with Crippen LogP contribution in [0.3, 0.4) is 0 Å². The molecule has 0 aromatic heterocycles. The molecule has 0 spiro atoms. The second-order valence-electron chi connectivity index (χ2n) is 10.0. The van der Waals surface area contributed by atoms with Crippen LogP contribution in [0.2, 0.25) is 0 Å². The summed E-state index contributed by atoms with van der Waals surface area (Å²) in [6, 6.07) is 0.471. The highest BCUT2D eigenvalue weighted by Crippen LogP contribution is 2.56. The fourth-order valence-electron chi connectivity index (χ4n) is 5.75. The lowest BCUT2D eigenvalue weighted by Crippen LogP contribution is -2.45. The SMILES string of the molecule is C=C1CCC[C@@]2(C)C[C@@H]3OC(=O)[C@@H](CN[C@H](C)CCCC(C)C)[C@H]3C[C@H]12. The molecule has 3 heteroatoms. The first-order valence-corrected chi connectivity index (χ1v) is 10.9. The van der Waals surface area contributed by atoms with Gasteiger partial charge in [-0.15, -0.1) is 0 Å². The standard InChI is InChI=1S/C23H39NO2/c1-15(2)8-6-10-17(4)24-14-19-18-12-20-16(3)9-7-11-23(20,5)13-21(18)26-22(19)25/h15,17-21,24H,3,6-14H2,1-2,4-5H3/t17-,18-,19+,20-,21+,23+/m1/s1. The van der Waals surface area contributed by atoms with E-state index in [1.165, 1.54) is 44.1 Å². The first-order valence-electron chi connectivity index (χ1n) is 10.9. The number of rotatable bonds is 7. The molecule has 0 bridgehead atoms. The Morgan fingerprint density at radius 1 is 1.31 bits per heavy atom. The van der Waals surface area contributed by atoms with E-state index in [0.29, 0.717) is 23.3 Å². The van der Waals surface area contributed by atoms with Crippen LogP contribution in [0.4, 0.5) is 0 Å². The van der Waals surface area contributed by atoms with E-state index in [0.717, 1.165) is 25.3 Å². The number of allylic oxidation sites excluding steroid dienone is 1. The van der Waals surface area contributed by atoms with Gasteiger partial charge in [0.05, 0.1) is 5.92 Å². The maximum atomic E-state index is 12.6. The van der Waals surface area contributed by atoms with Gasteiger partial charge in [0.15, 0.2) is 0 Å². The lowest BCUT2D eigenvalue weighted by Gasteiger charge is -2.50. The van der Waals surface area contributed by atoms with Crippen molar-refractivity contribution >= 4 is 5.97 Å². The maximum Gasteiger partial charge on any atom is 0.310 e. The maximum absolute atomic E-state index is 12.6. The number of carbonyl (C=O) groups is 1. The van der Waals surface area contributed by atoms with Crippen LogP contribution < -0.4 is 5.32 Å². The highest BCUT2D eigenvalue weighted by atomic mass is 16.6. The van der Waals surface area contributed by atoms with E-state index in [1.54, 1.807) is 0 Å². The number of hydrogen-bond donors (Lipinski definition) is 1. The molecule has 0 radical (unpaired) electrons. The van der Waals surface area contributed by atoms with Crippen LogP contribution in [0.15, 0.2) is 12.2 Å². The molecular weight excluding hydrogens is 322 g/mol. The van der Waals surface area contributed by atoms with Crippen LogP contribution in [0.5, 0.6) is 0 Å². The Morgan fingerprint density at radius 2 is 2.08 bits per heavy atom. The molecule has 6 atom stereocenters. The summed E-state index contributed by atoms with van der Waals surface area (Å²) in [5.74, 6) is 1.80. The highest BCUT2D eigenvalue weighted by molar-refractivity contribution is 5.75. The van der Waals surface area contributed by atoms with Crippen molar-refractivity contribution < 1.29 is 9.53 Å². The smallest absolute Gasteiger partial charge is 0.310 e. The predicted octanol–water partition coefficient (Wildman–Crippen LogP) is 5.11. The largest absolute Gasteiger partial charge is 0.462 e. The van der Waals surface area contributed by atoms with E-state index in [9.17, 15) is 4.79 Å². The van der Waals surface area contributed by atoms with Crippen LogP contribution >= 0.6 is 0 Å². The molecule has 0 unspecified atom stereocenters. The summed E-state index contributed by atoms with van der Waals surface area (Å²) in [5, 5.41) is 3.63. The fraction of sp³-hybridized carbons (Fsp3) is 0.870. The van der Waals surface area contributed by atoms with Crippen molar-refractivity contribution in [3.05, 3.63) is 12.2 Å². The van der Waals surface area contributed by atoms with E-state index in [1.807, 2.05) is 0 Å². The summed E-state index contributed by atoms with van der Waals surface area (Å²) in [6.45, 7) is 14.4. The minimum absolute atomic E-state index is 0.0341. The third-order valence-corrected chi connectivity index (χ3v) is 7.42. The quantitative estimate of drug-likeness (QED) is 0.506. The minimum atomic E-state index is 0.0341. The normalized spacial score (nSPS) is 38.0.